The molecule has 0 aromatic heterocycles. The van der Waals surface area contributed by atoms with Crippen LogP contribution >= 0.6 is 0 Å². The highest BCUT2D eigenvalue weighted by Gasteiger charge is 2.36. The van der Waals surface area contributed by atoms with E-state index in [1.165, 1.54) is 4.90 Å². The summed E-state index contributed by atoms with van der Waals surface area (Å²) < 4.78 is 0. The Hall–Kier alpha value is -1.72. The molecule has 106 valence electrons. The van der Waals surface area contributed by atoms with Crippen molar-refractivity contribution in [3.63, 3.8) is 0 Å². The highest BCUT2D eigenvalue weighted by atomic mass is 16.3. The van der Waals surface area contributed by atoms with Gasteiger partial charge in [-0.15, -0.1) is 0 Å². The molecule has 2 amide bonds. The van der Waals surface area contributed by atoms with E-state index in [0.29, 0.717) is 30.8 Å². The van der Waals surface area contributed by atoms with E-state index in [9.17, 15) is 14.7 Å². The number of hydrogen-bond donors (Lipinski definition) is 1. The maximum atomic E-state index is 12.2. The van der Waals surface area contributed by atoms with Gasteiger partial charge in [0.1, 0.15) is 0 Å². The Morgan fingerprint density at radius 3 is 2.25 bits per heavy atom. The molecule has 1 saturated heterocycles. The topological polar surface area (TPSA) is 60.9 Å². The molecule has 1 N–H and O–H groups in total. The molecule has 1 aromatic rings. The summed E-state index contributed by atoms with van der Waals surface area (Å²) >= 11 is 0. The summed E-state index contributed by atoms with van der Waals surface area (Å²) in [5.41, 5.74) is 0.332. The quantitative estimate of drug-likeness (QED) is 0.826. The summed E-state index contributed by atoms with van der Waals surface area (Å²) in [5.74, 6) is -0.423. The molecule has 0 aliphatic carbocycles. The minimum atomic E-state index is -0.651. The van der Waals surface area contributed by atoms with Gasteiger partial charge in [0, 0.05) is 26.2 Å². The van der Waals surface area contributed by atoms with Crippen molar-refractivity contribution in [1.29, 1.82) is 0 Å². The van der Waals surface area contributed by atoms with Crippen molar-refractivity contribution in [1.82, 2.24) is 9.80 Å². The first-order valence-electron chi connectivity index (χ1n) is 6.88. The van der Waals surface area contributed by atoms with Gasteiger partial charge < -0.3 is 5.11 Å². The summed E-state index contributed by atoms with van der Waals surface area (Å²) in [6.07, 6.45) is 0.731. The molecule has 2 heterocycles. The van der Waals surface area contributed by atoms with E-state index >= 15 is 0 Å². The number of aliphatic hydroxyl groups is 1. The lowest BCUT2D eigenvalue weighted by atomic mass is 10.1. The summed E-state index contributed by atoms with van der Waals surface area (Å²) in [6, 6.07) is 6.92. The van der Waals surface area contributed by atoms with E-state index in [0.717, 1.165) is 13.0 Å². The zero-order valence-corrected chi connectivity index (χ0v) is 11.5. The summed E-state index contributed by atoms with van der Waals surface area (Å²) in [6.45, 7) is 4.20. The van der Waals surface area contributed by atoms with Gasteiger partial charge in [0.05, 0.1) is 16.7 Å². The fraction of sp³-hybridized carbons (Fsp3) is 0.467. The van der Waals surface area contributed by atoms with E-state index in [1.807, 2.05) is 6.92 Å². The molecule has 0 saturated carbocycles. The van der Waals surface area contributed by atoms with Gasteiger partial charge in [-0.2, -0.15) is 0 Å². The van der Waals surface area contributed by atoms with Gasteiger partial charge in [0.15, 0.2) is 0 Å². The first-order chi connectivity index (χ1) is 9.48. The number of β-amino-alcohol motifs (C(OH)–C–C–N with tert-alkyl or cyclic N) is 1. The van der Waals surface area contributed by atoms with Crippen molar-refractivity contribution in [3.8, 4) is 0 Å². The van der Waals surface area contributed by atoms with Gasteiger partial charge in [0.2, 0.25) is 0 Å². The van der Waals surface area contributed by atoms with E-state index in [-0.39, 0.29) is 11.8 Å². The van der Waals surface area contributed by atoms with E-state index < -0.39 is 5.60 Å². The van der Waals surface area contributed by atoms with Crippen LogP contribution in [0.2, 0.25) is 0 Å². The van der Waals surface area contributed by atoms with Crippen molar-refractivity contribution in [2.24, 2.45) is 0 Å². The molecule has 0 bridgehead atoms. The molecule has 0 spiro atoms. The number of hydrogen-bond acceptors (Lipinski definition) is 4. The van der Waals surface area contributed by atoms with E-state index in [2.05, 4.69) is 4.90 Å². The second-order valence-corrected chi connectivity index (χ2v) is 5.83. The third-order valence-corrected chi connectivity index (χ3v) is 4.05. The SMILES string of the molecule is CC1(O)CCN(CCN2C(=O)c3ccccc3C2=O)C1. The van der Waals surface area contributed by atoms with Crippen LogP contribution in [0, 0.1) is 0 Å². The fourth-order valence-electron chi connectivity index (χ4n) is 2.91. The minimum Gasteiger partial charge on any atom is -0.389 e. The van der Waals surface area contributed by atoms with Gasteiger partial charge in [-0.3, -0.25) is 19.4 Å². The monoisotopic (exact) mass is 274 g/mol. The summed E-state index contributed by atoms with van der Waals surface area (Å²) in [7, 11) is 0. The van der Waals surface area contributed by atoms with Gasteiger partial charge in [-0.05, 0) is 25.5 Å². The molecule has 5 heteroatoms. The number of fused-ring (bicyclic) bond motifs is 1. The van der Waals surface area contributed by atoms with Crippen LogP contribution in [-0.4, -0.2) is 58.5 Å². The zero-order valence-electron chi connectivity index (χ0n) is 11.5. The van der Waals surface area contributed by atoms with Crippen molar-refractivity contribution in [2.45, 2.75) is 18.9 Å². The lowest BCUT2D eigenvalue weighted by Crippen LogP contribution is -2.39. The highest BCUT2D eigenvalue weighted by molar-refractivity contribution is 6.21. The number of carbonyl (C=O) groups excluding carboxylic acids is 2. The highest BCUT2D eigenvalue weighted by Crippen LogP contribution is 2.23. The Morgan fingerprint density at radius 1 is 1.15 bits per heavy atom. The van der Waals surface area contributed by atoms with Gasteiger partial charge in [-0.25, -0.2) is 0 Å². The van der Waals surface area contributed by atoms with Gasteiger partial charge in [0.25, 0.3) is 11.8 Å². The molecule has 3 rings (SSSR count). The average Bonchev–Trinajstić information content (AvgIpc) is 2.88. The van der Waals surface area contributed by atoms with Gasteiger partial charge >= 0.3 is 0 Å². The smallest absolute Gasteiger partial charge is 0.261 e. The Kier molecular flexibility index (Phi) is 3.11. The predicted molar refractivity (Wildman–Crippen MR) is 73.5 cm³/mol. The standard InChI is InChI=1S/C15H18N2O3/c1-15(20)6-7-16(10-15)8-9-17-13(18)11-4-2-3-5-12(11)14(17)19/h2-5,20H,6-10H2,1H3. The fourth-order valence-corrected chi connectivity index (χ4v) is 2.91. The van der Waals surface area contributed by atoms with Crippen LogP contribution < -0.4 is 0 Å². The lowest BCUT2D eigenvalue weighted by Gasteiger charge is -2.21. The van der Waals surface area contributed by atoms with Gasteiger partial charge in [-0.1, -0.05) is 12.1 Å². The van der Waals surface area contributed by atoms with Crippen LogP contribution in [0.3, 0.4) is 0 Å². The molecule has 1 aromatic carbocycles. The number of amides is 2. The second kappa shape index (κ2) is 4.68. The molecule has 20 heavy (non-hydrogen) atoms. The number of rotatable bonds is 3. The largest absolute Gasteiger partial charge is 0.389 e. The molecule has 1 unspecified atom stereocenters. The Bertz CT molecular complexity index is 533. The Labute approximate surface area is 117 Å². The molecular formula is C15H18N2O3. The Morgan fingerprint density at radius 2 is 1.75 bits per heavy atom. The summed E-state index contributed by atoms with van der Waals surface area (Å²) in [5, 5.41) is 9.91. The summed E-state index contributed by atoms with van der Waals surface area (Å²) in [4.78, 5) is 27.7. The number of likely N-dealkylation sites (tertiary alicyclic amines) is 1. The number of imide groups is 1. The van der Waals surface area contributed by atoms with Crippen LogP contribution in [-0.2, 0) is 0 Å². The predicted octanol–water partition coefficient (Wildman–Crippen LogP) is 0.739. The number of nitrogens with zero attached hydrogens (tertiary/aromatic N) is 2. The van der Waals surface area contributed by atoms with Crippen molar-refractivity contribution in [2.75, 3.05) is 26.2 Å². The molecule has 2 aliphatic rings. The normalized spacial score (nSPS) is 26.4. The third-order valence-electron chi connectivity index (χ3n) is 4.05. The molecule has 1 atom stereocenters. The van der Waals surface area contributed by atoms with Crippen LogP contribution in [0.1, 0.15) is 34.1 Å². The first-order valence-corrected chi connectivity index (χ1v) is 6.88. The first kappa shape index (κ1) is 13.3. The zero-order chi connectivity index (χ0) is 14.3. The molecule has 2 aliphatic heterocycles. The average molecular weight is 274 g/mol. The molecule has 1 fully saturated rings. The maximum absolute atomic E-state index is 12.2. The maximum Gasteiger partial charge on any atom is 0.261 e. The van der Waals surface area contributed by atoms with Crippen LogP contribution in [0.5, 0.6) is 0 Å². The van der Waals surface area contributed by atoms with Crippen molar-refractivity contribution >= 4 is 11.8 Å². The third kappa shape index (κ3) is 2.23. The number of benzene rings is 1. The van der Waals surface area contributed by atoms with Crippen LogP contribution in [0.4, 0.5) is 0 Å². The number of carbonyl (C=O) groups is 2. The van der Waals surface area contributed by atoms with Crippen molar-refractivity contribution in [3.05, 3.63) is 35.4 Å². The molecular weight excluding hydrogens is 256 g/mol. The van der Waals surface area contributed by atoms with Crippen molar-refractivity contribution < 1.29 is 14.7 Å². The van der Waals surface area contributed by atoms with Crippen LogP contribution in [0.25, 0.3) is 0 Å². The minimum absolute atomic E-state index is 0.212. The second-order valence-electron chi connectivity index (χ2n) is 5.83. The van der Waals surface area contributed by atoms with E-state index in [1.54, 1.807) is 24.3 Å². The lowest BCUT2D eigenvalue weighted by molar-refractivity contribution is 0.0601. The van der Waals surface area contributed by atoms with Crippen LogP contribution in [0.15, 0.2) is 24.3 Å². The Balaban J connectivity index is 1.66. The van der Waals surface area contributed by atoms with E-state index in [4.69, 9.17) is 0 Å². The molecule has 5 nitrogen and oxygen atoms in total. The molecule has 0 radical (unpaired) electrons.